The molecule has 1 aliphatic rings. The number of rotatable bonds is 6. The fraction of sp³-hybridized carbons (Fsp3) is 0.381. The smallest absolute Gasteiger partial charge is 0.433 e. The number of hydrogen-bond acceptors (Lipinski definition) is 5. The number of nitrogens with one attached hydrogen (secondary N) is 1. The summed E-state index contributed by atoms with van der Waals surface area (Å²) in [7, 11) is 0. The van der Waals surface area contributed by atoms with Crippen LogP contribution in [0.2, 0.25) is 0 Å². The van der Waals surface area contributed by atoms with Crippen LogP contribution in [-0.2, 0) is 10.9 Å². The number of halogens is 4. The van der Waals surface area contributed by atoms with Crippen molar-refractivity contribution in [3.05, 3.63) is 53.7 Å². The molecule has 0 saturated carbocycles. The topological polar surface area (TPSA) is 77.8 Å². The Kier molecular flexibility index (Phi) is 6.00. The fourth-order valence-corrected chi connectivity index (χ4v) is 3.47. The molecule has 3 aromatic heterocycles. The number of imidazole rings is 1. The van der Waals surface area contributed by atoms with E-state index in [1.807, 2.05) is 0 Å². The van der Waals surface area contributed by atoms with Gasteiger partial charge in [-0.05, 0) is 25.5 Å². The van der Waals surface area contributed by atoms with Crippen molar-refractivity contribution in [2.75, 3.05) is 25.1 Å². The third-order valence-corrected chi connectivity index (χ3v) is 5.05. The number of fused-ring (bicyclic) bond motifs is 1. The molecule has 0 aliphatic carbocycles. The summed E-state index contributed by atoms with van der Waals surface area (Å²) < 4.78 is 65.9. The molecule has 1 aliphatic heterocycles. The number of nitrogens with zero attached hydrogens (tertiary/aromatic N) is 3. The van der Waals surface area contributed by atoms with Gasteiger partial charge in [0.25, 0.3) is 5.91 Å². The van der Waals surface area contributed by atoms with E-state index in [9.17, 15) is 22.4 Å². The van der Waals surface area contributed by atoms with Gasteiger partial charge in [-0.25, -0.2) is 14.4 Å². The molecule has 4 heterocycles. The molecule has 1 saturated heterocycles. The third kappa shape index (κ3) is 4.52. The number of aromatic nitrogens is 3. The average Bonchev–Trinajstić information content (AvgIpc) is 3.43. The van der Waals surface area contributed by atoms with Crippen molar-refractivity contribution in [2.24, 2.45) is 5.92 Å². The molecule has 3 aromatic rings. The quantitative estimate of drug-likeness (QED) is 0.560. The van der Waals surface area contributed by atoms with Crippen molar-refractivity contribution in [1.82, 2.24) is 14.4 Å². The Bertz CT molecular complexity index is 1130. The summed E-state index contributed by atoms with van der Waals surface area (Å²) in [6, 6.07) is 4.59. The van der Waals surface area contributed by atoms with E-state index in [1.165, 1.54) is 28.9 Å². The summed E-state index contributed by atoms with van der Waals surface area (Å²) >= 11 is 0. The van der Waals surface area contributed by atoms with Crippen molar-refractivity contribution in [1.29, 1.82) is 0 Å². The molecule has 32 heavy (non-hydrogen) atoms. The summed E-state index contributed by atoms with van der Waals surface area (Å²) in [6.45, 7) is 2.83. The van der Waals surface area contributed by atoms with Crippen LogP contribution in [0.15, 0.2) is 36.7 Å². The van der Waals surface area contributed by atoms with E-state index in [0.717, 1.165) is 12.1 Å². The maximum Gasteiger partial charge on any atom is 0.433 e. The molecule has 0 bridgehead atoms. The monoisotopic (exact) mass is 452 g/mol. The van der Waals surface area contributed by atoms with Gasteiger partial charge in [-0.2, -0.15) is 13.2 Å². The van der Waals surface area contributed by atoms with E-state index in [4.69, 9.17) is 9.47 Å². The Labute approximate surface area is 180 Å². The number of ether oxygens (including phenoxy) is 2. The van der Waals surface area contributed by atoms with Crippen LogP contribution in [0.3, 0.4) is 0 Å². The van der Waals surface area contributed by atoms with E-state index in [-0.39, 0.29) is 29.7 Å². The van der Waals surface area contributed by atoms with E-state index in [1.54, 1.807) is 6.92 Å². The largest absolute Gasteiger partial charge is 0.491 e. The van der Waals surface area contributed by atoms with Gasteiger partial charge in [0.1, 0.15) is 34.6 Å². The van der Waals surface area contributed by atoms with Crippen LogP contribution < -0.4 is 10.1 Å². The van der Waals surface area contributed by atoms with Crippen LogP contribution in [0, 0.1) is 5.92 Å². The second-order valence-electron chi connectivity index (χ2n) is 7.30. The van der Waals surface area contributed by atoms with Crippen LogP contribution in [0.5, 0.6) is 5.75 Å². The Morgan fingerprint density at radius 3 is 2.84 bits per heavy atom. The summed E-state index contributed by atoms with van der Waals surface area (Å²) in [5.74, 6) is -0.877. The predicted octanol–water partition coefficient (Wildman–Crippen LogP) is 4.45. The first kappa shape index (κ1) is 22.0. The molecule has 1 N–H and O–H groups in total. The van der Waals surface area contributed by atoms with Crippen molar-refractivity contribution in [2.45, 2.75) is 25.7 Å². The third-order valence-electron chi connectivity index (χ3n) is 5.05. The first-order chi connectivity index (χ1) is 15.3. The molecule has 1 fully saturated rings. The van der Waals surface area contributed by atoms with Crippen LogP contribution in [0.25, 0.3) is 5.65 Å². The van der Waals surface area contributed by atoms with Crippen molar-refractivity contribution in [3.63, 3.8) is 0 Å². The van der Waals surface area contributed by atoms with Gasteiger partial charge in [0.15, 0.2) is 0 Å². The normalized spacial score (nSPS) is 17.5. The minimum Gasteiger partial charge on any atom is -0.491 e. The van der Waals surface area contributed by atoms with Gasteiger partial charge in [0.05, 0.1) is 18.9 Å². The SMILES string of the molecule is CCOc1cc2nc([C@@H](F)[C@@H]3CCOC3)cn2cc1NC(=O)c1cccc(C(F)(F)F)n1. The number of alkyl halides is 4. The maximum absolute atomic E-state index is 14.8. The number of carbonyl (C=O) groups excluding carboxylic acids is 1. The Hall–Kier alpha value is -3.21. The van der Waals surface area contributed by atoms with E-state index in [0.29, 0.717) is 25.3 Å². The lowest BCUT2D eigenvalue weighted by atomic mass is 10.0. The molecular weight excluding hydrogens is 432 g/mol. The van der Waals surface area contributed by atoms with Gasteiger partial charge in [-0.15, -0.1) is 0 Å². The molecule has 0 unspecified atom stereocenters. The standard InChI is InChI=1S/C21H20F4N4O3/c1-2-32-16-8-18-27-15(19(22)12-6-7-31-11-12)10-29(18)9-14(16)28-20(30)13-4-3-5-17(26-13)21(23,24)25/h3-5,8-10,12,19H,2,6-7,11H2,1H3,(H,28,30)/t12-,19+/m1/s1. The molecule has 0 aromatic carbocycles. The highest BCUT2D eigenvalue weighted by molar-refractivity contribution is 6.03. The Balaban J connectivity index is 1.63. The zero-order valence-electron chi connectivity index (χ0n) is 17.0. The summed E-state index contributed by atoms with van der Waals surface area (Å²) in [5, 5.41) is 2.52. The van der Waals surface area contributed by atoms with E-state index >= 15 is 0 Å². The van der Waals surface area contributed by atoms with Crippen molar-refractivity contribution >= 4 is 17.2 Å². The van der Waals surface area contributed by atoms with Gasteiger partial charge < -0.3 is 19.2 Å². The number of amides is 1. The molecular formula is C21H20F4N4O3. The van der Waals surface area contributed by atoms with Crippen LogP contribution >= 0.6 is 0 Å². The van der Waals surface area contributed by atoms with Gasteiger partial charge in [-0.3, -0.25) is 4.79 Å². The lowest BCUT2D eigenvalue weighted by Crippen LogP contribution is -2.17. The summed E-state index contributed by atoms with van der Waals surface area (Å²) in [6.07, 6.45) is -2.40. The number of hydrogen-bond donors (Lipinski definition) is 1. The first-order valence-corrected chi connectivity index (χ1v) is 9.99. The van der Waals surface area contributed by atoms with Crippen LogP contribution in [0.1, 0.15) is 41.4 Å². The molecule has 0 radical (unpaired) electrons. The summed E-state index contributed by atoms with van der Waals surface area (Å²) in [5.41, 5.74) is -0.758. The second kappa shape index (κ2) is 8.73. The molecule has 4 rings (SSSR count). The van der Waals surface area contributed by atoms with E-state index < -0.39 is 29.6 Å². The van der Waals surface area contributed by atoms with Gasteiger partial charge in [-0.1, -0.05) is 6.07 Å². The zero-order chi connectivity index (χ0) is 22.9. The minimum absolute atomic E-state index is 0.187. The zero-order valence-corrected chi connectivity index (χ0v) is 17.0. The lowest BCUT2D eigenvalue weighted by molar-refractivity contribution is -0.141. The summed E-state index contributed by atoms with van der Waals surface area (Å²) in [4.78, 5) is 20.3. The molecule has 1 amide bonds. The molecule has 7 nitrogen and oxygen atoms in total. The van der Waals surface area contributed by atoms with E-state index in [2.05, 4.69) is 15.3 Å². The Morgan fingerprint density at radius 2 is 2.16 bits per heavy atom. The number of pyridine rings is 2. The van der Waals surface area contributed by atoms with Gasteiger partial charge >= 0.3 is 6.18 Å². The lowest BCUT2D eigenvalue weighted by Gasteiger charge is -2.12. The van der Waals surface area contributed by atoms with Crippen LogP contribution in [-0.4, -0.2) is 40.1 Å². The first-order valence-electron chi connectivity index (χ1n) is 9.99. The molecule has 0 spiro atoms. The highest BCUT2D eigenvalue weighted by Crippen LogP contribution is 2.34. The van der Waals surface area contributed by atoms with Crippen LogP contribution in [0.4, 0.5) is 23.2 Å². The number of anilines is 1. The highest BCUT2D eigenvalue weighted by Gasteiger charge is 2.33. The maximum atomic E-state index is 14.8. The highest BCUT2D eigenvalue weighted by atomic mass is 19.4. The second-order valence-corrected chi connectivity index (χ2v) is 7.30. The Morgan fingerprint density at radius 1 is 1.34 bits per heavy atom. The minimum atomic E-state index is -4.67. The average molecular weight is 452 g/mol. The fourth-order valence-electron chi connectivity index (χ4n) is 3.47. The van der Waals surface area contributed by atoms with Crippen molar-refractivity contribution in [3.8, 4) is 5.75 Å². The van der Waals surface area contributed by atoms with Crippen molar-refractivity contribution < 1.29 is 31.8 Å². The van der Waals surface area contributed by atoms with Gasteiger partial charge in [0, 0.05) is 31.0 Å². The number of carbonyl (C=O) groups is 1. The molecule has 170 valence electrons. The molecule has 2 atom stereocenters. The molecule has 11 heteroatoms. The van der Waals surface area contributed by atoms with Gasteiger partial charge in [0.2, 0.25) is 0 Å². The predicted molar refractivity (Wildman–Crippen MR) is 106 cm³/mol.